The largest absolute Gasteiger partial charge is 0.493 e. The molecule has 1 aromatic carbocycles. The van der Waals surface area contributed by atoms with Gasteiger partial charge in [0.1, 0.15) is 23.4 Å². The molecule has 0 saturated heterocycles. The standard InChI is InChI=1S/C9H8ClFN4O/c1-16-9-6(12)2-5(11)8(7(9)10)15-4-13-3-14-15/h2-4H,12H2,1H3. The second-order valence-corrected chi connectivity index (χ2v) is 3.36. The molecule has 0 radical (unpaired) electrons. The minimum Gasteiger partial charge on any atom is -0.493 e. The zero-order valence-electron chi connectivity index (χ0n) is 8.32. The van der Waals surface area contributed by atoms with E-state index in [4.69, 9.17) is 22.1 Å². The minimum absolute atomic E-state index is 0.0604. The van der Waals surface area contributed by atoms with Gasteiger partial charge >= 0.3 is 0 Å². The summed E-state index contributed by atoms with van der Waals surface area (Å²) in [5.41, 5.74) is 5.75. The molecule has 0 aliphatic heterocycles. The van der Waals surface area contributed by atoms with Crippen molar-refractivity contribution in [3.63, 3.8) is 0 Å². The van der Waals surface area contributed by atoms with Crippen LogP contribution in [0.3, 0.4) is 0 Å². The highest BCUT2D eigenvalue weighted by molar-refractivity contribution is 6.34. The summed E-state index contributed by atoms with van der Waals surface area (Å²) in [6.45, 7) is 0. The van der Waals surface area contributed by atoms with Gasteiger partial charge < -0.3 is 10.5 Å². The van der Waals surface area contributed by atoms with E-state index in [-0.39, 0.29) is 22.1 Å². The average Bonchev–Trinajstić information content (AvgIpc) is 2.70. The summed E-state index contributed by atoms with van der Waals surface area (Å²) < 4.78 is 19.9. The average molecular weight is 243 g/mol. The molecule has 84 valence electrons. The Morgan fingerprint density at radius 2 is 2.31 bits per heavy atom. The number of benzene rings is 1. The van der Waals surface area contributed by atoms with Crippen LogP contribution >= 0.6 is 11.6 Å². The van der Waals surface area contributed by atoms with Gasteiger partial charge in [-0.15, -0.1) is 0 Å². The topological polar surface area (TPSA) is 66.0 Å². The molecule has 2 rings (SSSR count). The molecule has 1 aromatic heterocycles. The van der Waals surface area contributed by atoms with E-state index >= 15 is 0 Å². The SMILES string of the molecule is COc1c(N)cc(F)c(-n2cncn2)c1Cl. The number of anilines is 1. The van der Waals surface area contributed by atoms with Crippen LogP contribution < -0.4 is 10.5 Å². The van der Waals surface area contributed by atoms with E-state index in [0.717, 1.165) is 6.07 Å². The van der Waals surface area contributed by atoms with Crippen molar-refractivity contribution in [3.8, 4) is 11.4 Å². The molecule has 0 unspecified atom stereocenters. The number of hydrogen-bond acceptors (Lipinski definition) is 4. The van der Waals surface area contributed by atoms with Crippen molar-refractivity contribution in [1.29, 1.82) is 0 Å². The third-order valence-electron chi connectivity index (χ3n) is 2.03. The molecule has 5 nitrogen and oxygen atoms in total. The summed E-state index contributed by atoms with van der Waals surface area (Å²) in [6.07, 6.45) is 2.61. The molecule has 2 N–H and O–H groups in total. The van der Waals surface area contributed by atoms with Crippen LogP contribution in [-0.4, -0.2) is 21.9 Å². The van der Waals surface area contributed by atoms with E-state index in [1.807, 2.05) is 0 Å². The quantitative estimate of drug-likeness (QED) is 0.814. The van der Waals surface area contributed by atoms with Crippen molar-refractivity contribution in [3.05, 3.63) is 29.6 Å². The van der Waals surface area contributed by atoms with Gasteiger partial charge in [0, 0.05) is 6.07 Å². The number of hydrogen-bond donors (Lipinski definition) is 1. The molecule has 0 fully saturated rings. The fourth-order valence-electron chi connectivity index (χ4n) is 1.35. The molecule has 0 aliphatic carbocycles. The van der Waals surface area contributed by atoms with Crippen LogP contribution in [0, 0.1) is 5.82 Å². The summed E-state index contributed by atoms with van der Waals surface area (Å²) in [5, 5.41) is 3.86. The van der Waals surface area contributed by atoms with Gasteiger partial charge in [-0.25, -0.2) is 14.1 Å². The monoisotopic (exact) mass is 242 g/mol. The zero-order valence-corrected chi connectivity index (χ0v) is 9.07. The predicted octanol–water partition coefficient (Wildman–Crippen LogP) is 1.65. The normalized spacial score (nSPS) is 10.4. The maximum Gasteiger partial charge on any atom is 0.162 e. The number of nitrogens with two attached hydrogens (primary N) is 1. The number of halogens is 2. The highest BCUT2D eigenvalue weighted by Crippen LogP contribution is 2.37. The molecule has 0 atom stereocenters. The lowest BCUT2D eigenvalue weighted by molar-refractivity contribution is 0.415. The second kappa shape index (κ2) is 3.97. The molecule has 0 amide bonds. The van der Waals surface area contributed by atoms with E-state index in [2.05, 4.69) is 10.1 Å². The predicted molar refractivity (Wildman–Crippen MR) is 57.3 cm³/mol. The zero-order chi connectivity index (χ0) is 11.7. The fourth-order valence-corrected chi connectivity index (χ4v) is 1.71. The molecule has 0 spiro atoms. The van der Waals surface area contributed by atoms with Gasteiger partial charge in [0.15, 0.2) is 11.6 Å². The highest BCUT2D eigenvalue weighted by atomic mass is 35.5. The van der Waals surface area contributed by atoms with Gasteiger partial charge in [0.2, 0.25) is 0 Å². The molecule has 0 saturated carbocycles. The highest BCUT2D eigenvalue weighted by Gasteiger charge is 2.18. The molecule has 16 heavy (non-hydrogen) atoms. The van der Waals surface area contributed by atoms with E-state index < -0.39 is 5.82 Å². The molecule has 2 aromatic rings. The Morgan fingerprint density at radius 3 is 2.88 bits per heavy atom. The summed E-state index contributed by atoms with van der Waals surface area (Å²) >= 11 is 5.98. The Labute approximate surface area is 95.6 Å². The molecule has 0 bridgehead atoms. The van der Waals surface area contributed by atoms with Gasteiger partial charge in [-0.2, -0.15) is 5.10 Å². The first-order chi connectivity index (χ1) is 7.65. The fraction of sp³-hybridized carbons (Fsp3) is 0.111. The van der Waals surface area contributed by atoms with Crippen molar-refractivity contribution in [2.75, 3.05) is 12.8 Å². The Bertz CT molecular complexity index is 515. The third-order valence-corrected chi connectivity index (χ3v) is 2.38. The van der Waals surface area contributed by atoms with Crippen LogP contribution in [0.5, 0.6) is 5.75 Å². The van der Waals surface area contributed by atoms with E-state index in [0.29, 0.717) is 0 Å². The number of nitrogens with zero attached hydrogens (tertiary/aromatic N) is 3. The van der Waals surface area contributed by atoms with Gasteiger partial charge in [-0.3, -0.25) is 0 Å². The lowest BCUT2D eigenvalue weighted by atomic mass is 10.2. The van der Waals surface area contributed by atoms with Crippen LogP contribution in [0.15, 0.2) is 18.7 Å². The first-order valence-corrected chi connectivity index (χ1v) is 4.69. The third kappa shape index (κ3) is 1.57. The molecule has 1 heterocycles. The van der Waals surface area contributed by atoms with Crippen molar-refractivity contribution in [2.45, 2.75) is 0 Å². The Hall–Kier alpha value is -1.82. The first kappa shape index (κ1) is 10.7. The number of methoxy groups -OCH3 is 1. The smallest absolute Gasteiger partial charge is 0.162 e. The molecule has 7 heteroatoms. The minimum atomic E-state index is -0.589. The first-order valence-electron chi connectivity index (χ1n) is 4.31. The number of ether oxygens (including phenoxy) is 1. The van der Waals surface area contributed by atoms with Crippen LogP contribution in [0.4, 0.5) is 10.1 Å². The Kier molecular flexibility index (Phi) is 2.66. The molecule has 0 aliphatic rings. The summed E-state index contributed by atoms with van der Waals surface area (Å²) in [7, 11) is 1.40. The number of rotatable bonds is 2. The number of aromatic nitrogens is 3. The van der Waals surface area contributed by atoms with Crippen molar-refractivity contribution in [2.24, 2.45) is 0 Å². The van der Waals surface area contributed by atoms with Crippen molar-refractivity contribution >= 4 is 17.3 Å². The maximum atomic E-state index is 13.7. The van der Waals surface area contributed by atoms with E-state index in [1.165, 1.54) is 24.4 Å². The molecular weight excluding hydrogens is 235 g/mol. The van der Waals surface area contributed by atoms with E-state index in [9.17, 15) is 4.39 Å². The van der Waals surface area contributed by atoms with Crippen LogP contribution in [0.1, 0.15) is 0 Å². The summed E-state index contributed by atoms with van der Waals surface area (Å²) in [6, 6.07) is 1.13. The van der Waals surface area contributed by atoms with E-state index in [1.54, 1.807) is 0 Å². The van der Waals surface area contributed by atoms with Crippen LogP contribution in [-0.2, 0) is 0 Å². The summed E-state index contributed by atoms with van der Waals surface area (Å²) in [5.74, 6) is -0.373. The van der Waals surface area contributed by atoms with Gasteiger partial charge in [-0.1, -0.05) is 11.6 Å². The lowest BCUT2D eigenvalue weighted by Gasteiger charge is -2.11. The Morgan fingerprint density at radius 1 is 1.56 bits per heavy atom. The lowest BCUT2D eigenvalue weighted by Crippen LogP contribution is -2.03. The van der Waals surface area contributed by atoms with Crippen LogP contribution in [0.2, 0.25) is 5.02 Å². The second-order valence-electron chi connectivity index (χ2n) is 2.98. The number of nitrogen functional groups attached to an aromatic ring is 1. The Balaban J connectivity index is 2.70. The van der Waals surface area contributed by atoms with Crippen molar-refractivity contribution in [1.82, 2.24) is 14.8 Å². The summed E-state index contributed by atoms with van der Waals surface area (Å²) in [4.78, 5) is 3.71. The van der Waals surface area contributed by atoms with Gasteiger partial charge in [0.05, 0.1) is 12.8 Å². The van der Waals surface area contributed by atoms with Gasteiger partial charge in [-0.05, 0) is 0 Å². The van der Waals surface area contributed by atoms with Gasteiger partial charge in [0.25, 0.3) is 0 Å². The van der Waals surface area contributed by atoms with Crippen LogP contribution in [0.25, 0.3) is 5.69 Å². The maximum absolute atomic E-state index is 13.7. The van der Waals surface area contributed by atoms with Crippen molar-refractivity contribution < 1.29 is 9.13 Å². The molecular formula is C9H8ClFN4O.